The molecule has 1 aromatic carbocycles. The molecule has 7 nitrogen and oxygen atoms in total. The summed E-state index contributed by atoms with van der Waals surface area (Å²) in [5.41, 5.74) is 1.82. The summed E-state index contributed by atoms with van der Waals surface area (Å²) < 4.78 is 6.99. The Hall–Kier alpha value is -2.09. The molecule has 0 bridgehead atoms. The summed E-state index contributed by atoms with van der Waals surface area (Å²) in [5, 5.41) is 15.0. The van der Waals surface area contributed by atoms with E-state index in [-0.39, 0.29) is 11.2 Å². The quantitative estimate of drug-likeness (QED) is 0.772. The van der Waals surface area contributed by atoms with Gasteiger partial charge in [-0.05, 0) is 47.9 Å². The Kier molecular flexibility index (Phi) is 6.19. The molecule has 2 rings (SSSR count). The largest absolute Gasteiger partial charge is 0.494 e. The number of hydrogen-bond acceptors (Lipinski definition) is 6. The van der Waals surface area contributed by atoms with Crippen molar-refractivity contribution in [1.29, 1.82) is 0 Å². The van der Waals surface area contributed by atoms with Gasteiger partial charge in [0.05, 0.1) is 12.4 Å². The second kappa shape index (κ2) is 8.14. The van der Waals surface area contributed by atoms with Crippen LogP contribution < -0.4 is 10.1 Å². The maximum atomic E-state index is 12.2. The first kappa shape index (κ1) is 18.3. The molecule has 0 saturated carbocycles. The van der Waals surface area contributed by atoms with E-state index < -0.39 is 0 Å². The maximum Gasteiger partial charge on any atom is 0.233 e. The van der Waals surface area contributed by atoms with Crippen molar-refractivity contribution < 1.29 is 9.53 Å². The monoisotopic (exact) mass is 349 g/mol. The molecule has 24 heavy (non-hydrogen) atoms. The minimum absolute atomic E-state index is 0.0283. The minimum atomic E-state index is -0.302. The van der Waals surface area contributed by atoms with Crippen LogP contribution >= 0.6 is 11.8 Å². The molecule has 0 spiro atoms. The average molecular weight is 349 g/mol. The fourth-order valence-corrected chi connectivity index (χ4v) is 2.85. The number of benzene rings is 1. The Morgan fingerprint density at radius 3 is 2.79 bits per heavy atom. The van der Waals surface area contributed by atoms with Crippen LogP contribution in [0.3, 0.4) is 0 Å². The van der Waals surface area contributed by atoms with E-state index in [0.29, 0.717) is 23.4 Å². The van der Waals surface area contributed by atoms with Gasteiger partial charge >= 0.3 is 0 Å². The Bertz CT molecular complexity index is 702. The van der Waals surface area contributed by atoms with E-state index in [1.54, 1.807) is 11.8 Å². The molecule has 8 heteroatoms. The second-order valence-electron chi connectivity index (χ2n) is 5.95. The molecule has 1 N–H and O–H groups in total. The van der Waals surface area contributed by atoms with Crippen molar-refractivity contribution in [1.82, 2.24) is 25.5 Å². The molecule has 1 heterocycles. The third-order valence-electron chi connectivity index (χ3n) is 3.34. The number of thioether (sulfide) groups is 1. The summed E-state index contributed by atoms with van der Waals surface area (Å²) in [5.74, 6) is 1.05. The number of ether oxygens (including phenoxy) is 1. The minimum Gasteiger partial charge on any atom is -0.494 e. The SMILES string of the molecule is COc1ccc(C)cc1-n1nnnc1S[C@@H](C)C(=O)NCC(C)C. The van der Waals surface area contributed by atoms with Crippen molar-refractivity contribution >= 4 is 17.7 Å². The Morgan fingerprint density at radius 1 is 1.38 bits per heavy atom. The predicted octanol–water partition coefficient (Wildman–Crippen LogP) is 2.23. The smallest absolute Gasteiger partial charge is 0.233 e. The topological polar surface area (TPSA) is 81.9 Å². The number of tetrazole rings is 1. The van der Waals surface area contributed by atoms with Gasteiger partial charge in [-0.15, -0.1) is 5.10 Å². The third kappa shape index (κ3) is 4.47. The molecule has 1 atom stereocenters. The highest BCUT2D eigenvalue weighted by atomic mass is 32.2. The molecular formula is C16H23N5O2S. The van der Waals surface area contributed by atoms with E-state index in [4.69, 9.17) is 4.74 Å². The zero-order chi connectivity index (χ0) is 17.7. The zero-order valence-corrected chi connectivity index (χ0v) is 15.4. The van der Waals surface area contributed by atoms with Gasteiger partial charge in [-0.2, -0.15) is 4.68 Å². The van der Waals surface area contributed by atoms with Crippen LogP contribution in [-0.4, -0.2) is 45.0 Å². The number of hydrogen-bond donors (Lipinski definition) is 1. The Morgan fingerprint density at radius 2 is 2.12 bits per heavy atom. The fraction of sp³-hybridized carbons (Fsp3) is 0.500. The van der Waals surface area contributed by atoms with Crippen LogP contribution in [0, 0.1) is 12.8 Å². The van der Waals surface area contributed by atoms with Crippen LogP contribution in [0.5, 0.6) is 5.75 Å². The van der Waals surface area contributed by atoms with E-state index in [0.717, 1.165) is 11.3 Å². The number of rotatable bonds is 7. The van der Waals surface area contributed by atoms with Crippen molar-refractivity contribution in [2.45, 2.75) is 38.1 Å². The lowest BCUT2D eigenvalue weighted by Crippen LogP contribution is -2.33. The van der Waals surface area contributed by atoms with E-state index >= 15 is 0 Å². The van der Waals surface area contributed by atoms with Crippen LogP contribution in [-0.2, 0) is 4.79 Å². The van der Waals surface area contributed by atoms with Gasteiger partial charge in [0, 0.05) is 6.54 Å². The summed E-state index contributed by atoms with van der Waals surface area (Å²) in [6.45, 7) is 8.60. The predicted molar refractivity (Wildman–Crippen MR) is 93.6 cm³/mol. The molecule has 0 aliphatic rings. The fourth-order valence-electron chi connectivity index (χ4n) is 2.03. The molecule has 1 amide bonds. The van der Waals surface area contributed by atoms with Gasteiger partial charge in [-0.1, -0.05) is 31.7 Å². The first-order chi connectivity index (χ1) is 11.4. The molecule has 0 aliphatic heterocycles. The van der Waals surface area contributed by atoms with Crippen molar-refractivity contribution in [3.63, 3.8) is 0 Å². The number of methoxy groups -OCH3 is 1. The van der Waals surface area contributed by atoms with Gasteiger partial charge in [-0.3, -0.25) is 4.79 Å². The van der Waals surface area contributed by atoms with Gasteiger partial charge in [-0.25, -0.2) is 0 Å². The summed E-state index contributed by atoms with van der Waals surface area (Å²) in [7, 11) is 1.60. The van der Waals surface area contributed by atoms with Crippen LogP contribution in [0.4, 0.5) is 0 Å². The number of carbonyl (C=O) groups is 1. The van der Waals surface area contributed by atoms with Crippen molar-refractivity contribution in [2.75, 3.05) is 13.7 Å². The third-order valence-corrected chi connectivity index (χ3v) is 4.37. The highest BCUT2D eigenvalue weighted by Gasteiger charge is 2.20. The first-order valence-corrected chi connectivity index (χ1v) is 8.68. The molecule has 1 aromatic heterocycles. The number of amides is 1. The standard InChI is InChI=1S/C16H23N5O2S/c1-10(2)9-17-15(22)12(4)24-16-18-19-20-21(16)13-8-11(3)6-7-14(13)23-5/h6-8,10,12H,9H2,1-5H3,(H,17,22)/t12-/m0/s1. The second-order valence-corrected chi connectivity index (χ2v) is 7.26. The van der Waals surface area contributed by atoms with Crippen LogP contribution in [0.15, 0.2) is 23.4 Å². The Labute approximate surface area is 146 Å². The summed E-state index contributed by atoms with van der Waals surface area (Å²) in [6, 6.07) is 5.78. The van der Waals surface area contributed by atoms with Crippen LogP contribution in [0.2, 0.25) is 0 Å². The lowest BCUT2D eigenvalue weighted by molar-refractivity contribution is -0.120. The highest BCUT2D eigenvalue weighted by Crippen LogP contribution is 2.28. The zero-order valence-electron chi connectivity index (χ0n) is 14.6. The normalized spacial score (nSPS) is 12.2. The molecule has 0 fully saturated rings. The number of nitrogens with zero attached hydrogens (tertiary/aromatic N) is 4. The molecule has 0 saturated heterocycles. The number of aryl methyl sites for hydroxylation is 1. The maximum absolute atomic E-state index is 12.2. The van der Waals surface area contributed by atoms with Gasteiger partial charge in [0.2, 0.25) is 11.1 Å². The molecule has 0 aliphatic carbocycles. The van der Waals surface area contributed by atoms with E-state index in [1.165, 1.54) is 11.8 Å². The van der Waals surface area contributed by atoms with Gasteiger partial charge < -0.3 is 10.1 Å². The van der Waals surface area contributed by atoms with E-state index in [1.807, 2.05) is 32.0 Å². The van der Waals surface area contributed by atoms with Crippen molar-refractivity contribution in [2.24, 2.45) is 5.92 Å². The van der Waals surface area contributed by atoms with E-state index in [2.05, 4.69) is 34.7 Å². The first-order valence-electron chi connectivity index (χ1n) is 7.80. The summed E-state index contributed by atoms with van der Waals surface area (Å²) >= 11 is 1.32. The molecule has 130 valence electrons. The van der Waals surface area contributed by atoms with Crippen LogP contribution in [0.25, 0.3) is 5.69 Å². The molecule has 0 radical (unpaired) electrons. The summed E-state index contributed by atoms with van der Waals surface area (Å²) in [6.07, 6.45) is 0. The van der Waals surface area contributed by atoms with Crippen LogP contribution in [0.1, 0.15) is 26.3 Å². The lowest BCUT2D eigenvalue weighted by atomic mass is 10.2. The average Bonchev–Trinajstić information content (AvgIpc) is 3.00. The van der Waals surface area contributed by atoms with Crippen molar-refractivity contribution in [3.8, 4) is 11.4 Å². The number of carbonyl (C=O) groups excluding carboxylic acids is 1. The van der Waals surface area contributed by atoms with Gasteiger partial charge in [0.1, 0.15) is 11.4 Å². The molecule has 0 unspecified atom stereocenters. The van der Waals surface area contributed by atoms with Crippen molar-refractivity contribution in [3.05, 3.63) is 23.8 Å². The van der Waals surface area contributed by atoms with E-state index in [9.17, 15) is 4.79 Å². The lowest BCUT2D eigenvalue weighted by Gasteiger charge is -2.14. The highest BCUT2D eigenvalue weighted by molar-refractivity contribution is 8.00. The number of aromatic nitrogens is 4. The van der Waals surface area contributed by atoms with Gasteiger partial charge in [0.25, 0.3) is 0 Å². The Balaban J connectivity index is 2.19. The number of nitrogens with one attached hydrogen (secondary N) is 1. The molecular weight excluding hydrogens is 326 g/mol. The summed E-state index contributed by atoms with van der Waals surface area (Å²) in [4.78, 5) is 12.2. The van der Waals surface area contributed by atoms with Gasteiger partial charge in [0.15, 0.2) is 0 Å². The molecule has 2 aromatic rings.